The second-order valence-electron chi connectivity index (χ2n) is 4.44. The van der Waals surface area contributed by atoms with Crippen molar-refractivity contribution in [1.82, 2.24) is 0 Å². The highest BCUT2D eigenvalue weighted by Crippen LogP contribution is 2.32. The molecule has 1 heterocycles. The van der Waals surface area contributed by atoms with E-state index in [1.165, 1.54) is 24.3 Å². The Morgan fingerprint density at radius 2 is 1.75 bits per heavy atom. The van der Waals surface area contributed by atoms with Gasteiger partial charge in [0.2, 0.25) is 0 Å². The zero-order valence-corrected chi connectivity index (χ0v) is 9.80. The fraction of sp³-hybridized carbons (Fsp3) is 0.417. The molecule has 1 aliphatic rings. The number of hydrogen-bond donors (Lipinski definition) is 5. The molecule has 20 heavy (non-hydrogen) atoms. The molecule has 1 fully saturated rings. The van der Waals surface area contributed by atoms with Crippen molar-refractivity contribution in [3.63, 3.8) is 0 Å². The Bertz CT molecular complexity index is 477. The van der Waals surface area contributed by atoms with Gasteiger partial charge < -0.3 is 30.3 Å². The van der Waals surface area contributed by atoms with Crippen LogP contribution < -0.4 is 0 Å². The highest BCUT2D eigenvalue weighted by Gasteiger charge is 2.49. The van der Waals surface area contributed by atoms with Crippen molar-refractivity contribution in [2.24, 2.45) is 0 Å². The molecule has 1 aromatic rings. The molecule has 0 radical (unpaired) electrons. The van der Waals surface area contributed by atoms with E-state index >= 15 is 0 Å². The second-order valence-corrected chi connectivity index (χ2v) is 4.44. The maximum Gasteiger partial charge on any atom is 0.335 e. The summed E-state index contributed by atoms with van der Waals surface area (Å²) in [6.45, 7) is -0.418. The lowest BCUT2D eigenvalue weighted by molar-refractivity contribution is -0.289. The predicted octanol–water partition coefficient (Wildman–Crippen LogP) is -2.54. The molecule has 5 N–H and O–H groups in total. The van der Waals surface area contributed by atoms with E-state index in [9.17, 15) is 25.2 Å². The van der Waals surface area contributed by atoms with Crippen LogP contribution in [0.25, 0.3) is 0 Å². The molecule has 0 bridgehead atoms. The van der Waals surface area contributed by atoms with Crippen molar-refractivity contribution in [2.45, 2.75) is 24.1 Å². The third kappa shape index (κ3) is 2.87. The second kappa shape index (κ2) is 6.20. The van der Waals surface area contributed by atoms with E-state index in [-0.39, 0.29) is 28.5 Å². The van der Waals surface area contributed by atoms with Gasteiger partial charge in [-0.1, -0.05) is 12.1 Å². The van der Waals surface area contributed by atoms with E-state index in [1.807, 2.05) is 0 Å². The number of aromatic carboxylic acids is 1. The average molecular weight is 300 g/mol. The highest BCUT2D eigenvalue weighted by molar-refractivity contribution is 5.87. The number of aliphatic hydroxyl groups excluding tert-OH is 3. The van der Waals surface area contributed by atoms with Crippen LogP contribution in [0.3, 0.4) is 0 Å². The summed E-state index contributed by atoms with van der Waals surface area (Å²) < 4.78 is 4.79. The first-order valence-electron chi connectivity index (χ1n) is 5.58. The van der Waals surface area contributed by atoms with Crippen LogP contribution in [0.15, 0.2) is 24.3 Å². The first-order chi connectivity index (χ1) is 8.86. The van der Waals surface area contributed by atoms with Gasteiger partial charge in [-0.05, 0) is 17.7 Å². The quantitative estimate of drug-likeness (QED) is 0.381. The number of aliphatic hydroxyl groups is 4. The molecule has 0 aliphatic carbocycles. The van der Waals surface area contributed by atoms with Crippen molar-refractivity contribution in [3.05, 3.63) is 35.4 Å². The van der Waals surface area contributed by atoms with E-state index in [1.54, 1.807) is 0 Å². The summed E-state index contributed by atoms with van der Waals surface area (Å²) in [5.41, 5.74) is -1.69. The largest absolute Gasteiger partial charge is 0.478 e. The Hall–Kier alpha value is -0.978. The molecule has 0 saturated carbocycles. The molecular formula is C12H17AlO7. The van der Waals surface area contributed by atoms with Crippen LogP contribution in [0.5, 0.6) is 0 Å². The number of benzene rings is 1. The first kappa shape index (κ1) is 17.1. The fourth-order valence-electron chi connectivity index (χ4n) is 1.99. The molecule has 0 spiro atoms. The fourth-order valence-corrected chi connectivity index (χ4v) is 1.99. The summed E-state index contributed by atoms with van der Waals surface area (Å²) in [6, 6.07) is 5.17. The summed E-state index contributed by atoms with van der Waals surface area (Å²) in [4.78, 5) is 10.7. The molecule has 1 saturated heterocycles. The summed E-state index contributed by atoms with van der Waals surface area (Å²) in [6.07, 6.45) is -4.88. The Labute approximate surface area is 125 Å². The van der Waals surface area contributed by atoms with Gasteiger partial charge in [0, 0.05) is 0 Å². The minimum Gasteiger partial charge on any atom is -0.478 e. The summed E-state index contributed by atoms with van der Waals surface area (Å²) in [7, 11) is 0. The Kier molecular flexibility index (Phi) is 5.29. The van der Waals surface area contributed by atoms with Gasteiger partial charge in [0.15, 0.2) is 23.7 Å². The predicted molar refractivity (Wildman–Crippen MR) is 71.2 cm³/mol. The average Bonchev–Trinajstić information content (AvgIpc) is 2.41. The molecule has 7 nitrogen and oxygen atoms in total. The van der Waals surface area contributed by atoms with Gasteiger partial charge in [-0.25, -0.2) is 4.79 Å². The van der Waals surface area contributed by atoms with Gasteiger partial charge in [-0.15, -0.1) is 0 Å². The van der Waals surface area contributed by atoms with Gasteiger partial charge in [0.1, 0.15) is 17.8 Å². The van der Waals surface area contributed by atoms with E-state index in [0.717, 1.165) is 0 Å². The number of hydrogen-bond acceptors (Lipinski definition) is 6. The third-order valence-electron chi connectivity index (χ3n) is 3.21. The summed E-state index contributed by atoms with van der Waals surface area (Å²) >= 11 is 0. The van der Waals surface area contributed by atoms with E-state index in [0.29, 0.717) is 0 Å². The minimum absolute atomic E-state index is 0. The lowest BCUT2D eigenvalue weighted by Crippen LogP contribution is -2.59. The molecule has 0 unspecified atom stereocenters. The minimum atomic E-state index is -1.91. The molecule has 1 aliphatic heterocycles. The lowest BCUT2D eigenvalue weighted by Gasteiger charge is -2.41. The van der Waals surface area contributed by atoms with Crippen LogP contribution >= 0.6 is 0 Å². The number of carboxylic acid groups (broad SMARTS) is 1. The van der Waals surface area contributed by atoms with Crippen molar-refractivity contribution in [1.29, 1.82) is 0 Å². The zero-order valence-electron chi connectivity index (χ0n) is 9.80. The van der Waals surface area contributed by atoms with E-state index < -0.39 is 36.7 Å². The molecule has 4 atom stereocenters. The standard InChI is InChI=1S/C12H14O7.Al.3H/c13-8-9(14)12(18,5-19-11(8)17)7-3-1-6(2-4-7)10(15)16;;;;/h1-4,8-9,11,13-14,17-18H,5H2,(H,15,16);;;;/t8-,9-,11+,12+;;;;/m1..../s1. The molecule has 8 heteroatoms. The highest BCUT2D eigenvalue weighted by atomic mass is 27.0. The van der Waals surface area contributed by atoms with Crippen molar-refractivity contribution in [2.75, 3.05) is 6.61 Å². The third-order valence-corrected chi connectivity index (χ3v) is 3.21. The zero-order chi connectivity index (χ0) is 14.2. The molecule has 0 aromatic heterocycles. The molecule has 110 valence electrons. The van der Waals surface area contributed by atoms with Gasteiger partial charge in [0.05, 0.1) is 12.2 Å². The van der Waals surface area contributed by atoms with Gasteiger partial charge in [0.25, 0.3) is 0 Å². The van der Waals surface area contributed by atoms with E-state index in [4.69, 9.17) is 9.84 Å². The lowest BCUT2D eigenvalue weighted by atomic mass is 9.84. The number of ether oxygens (including phenoxy) is 1. The summed E-state index contributed by atoms with van der Waals surface area (Å²) in [5.74, 6) is -1.12. The van der Waals surface area contributed by atoms with Crippen molar-refractivity contribution in [3.8, 4) is 0 Å². The van der Waals surface area contributed by atoms with Crippen molar-refractivity contribution < 1.29 is 35.1 Å². The maximum absolute atomic E-state index is 10.7. The SMILES string of the molecule is O=C(O)c1ccc([C@@]2(O)CO[C@H](O)[C@H](O)[C@H]2O)cc1.[AlH3]. The van der Waals surface area contributed by atoms with Crippen LogP contribution in [0.4, 0.5) is 0 Å². The van der Waals surface area contributed by atoms with Gasteiger partial charge in [-0.2, -0.15) is 0 Å². The molecule has 1 aromatic carbocycles. The van der Waals surface area contributed by atoms with Crippen LogP contribution in [0.2, 0.25) is 0 Å². The normalized spacial score (nSPS) is 33.3. The van der Waals surface area contributed by atoms with Crippen LogP contribution in [0.1, 0.15) is 15.9 Å². The molecule has 2 rings (SSSR count). The molecule has 0 amide bonds. The number of carboxylic acids is 1. The Morgan fingerprint density at radius 1 is 1.20 bits per heavy atom. The van der Waals surface area contributed by atoms with E-state index in [2.05, 4.69) is 0 Å². The molecular weight excluding hydrogens is 283 g/mol. The van der Waals surface area contributed by atoms with Gasteiger partial charge in [-0.3, -0.25) is 0 Å². The first-order valence-corrected chi connectivity index (χ1v) is 5.58. The van der Waals surface area contributed by atoms with Crippen LogP contribution in [0, 0.1) is 0 Å². The smallest absolute Gasteiger partial charge is 0.335 e. The Morgan fingerprint density at radius 3 is 2.25 bits per heavy atom. The van der Waals surface area contributed by atoms with Crippen LogP contribution in [-0.2, 0) is 10.3 Å². The van der Waals surface area contributed by atoms with Crippen LogP contribution in [-0.4, -0.2) is 74.0 Å². The summed E-state index contributed by atoms with van der Waals surface area (Å²) in [5, 5.41) is 47.7. The number of rotatable bonds is 2. The monoisotopic (exact) mass is 300 g/mol. The topological polar surface area (TPSA) is 127 Å². The van der Waals surface area contributed by atoms with Crippen molar-refractivity contribution >= 4 is 23.3 Å². The van der Waals surface area contributed by atoms with Gasteiger partial charge >= 0.3 is 5.97 Å². The maximum atomic E-state index is 10.7. The number of carbonyl (C=O) groups is 1. The Balaban J connectivity index is 0.00000200.